The Morgan fingerprint density at radius 1 is 0.464 bits per heavy atom. The van der Waals surface area contributed by atoms with Crippen LogP contribution in [0.1, 0.15) is 0 Å². The molecule has 0 saturated carbocycles. The van der Waals surface area contributed by atoms with Crippen LogP contribution in [0.15, 0.2) is 72.8 Å². The summed E-state index contributed by atoms with van der Waals surface area (Å²) in [4.78, 5) is 31.3. The molecule has 0 fully saturated rings. The zero-order valence-electron chi connectivity index (χ0n) is 14.2. The van der Waals surface area contributed by atoms with Gasteiger partial charge in [-0.25, -0.2) is 0 Å². The molecule has 10 heteroatoms. The van der Waals surface area contributed by atoms with Gasteiger partial charge in [0.25, 0.3) is 0 Å². The molecule has 0 unspecified atom stereocenters. The van der Waals surface area contributed by atoms with Crippen molar-refractivity contribution in [3.05, 3.63) is 103 Å². The van der Waals surface area contributed by atoms with Gasteiger partial charge in [-0.2, -0.15) is 0 Å². The number of hydrogen-bond acceptors (Lipinski definition) is 6. The molecule has 138 valence electrons. The second kappa shape index (κ2) is 8.18. The van der Waals surface area contributed by atoms with E-state index in [2.05, 4.69) is 0 Å². The molecule has 0 saturated heterocycles. The second-order valence-corrected chi connectivity index (χ2v) is 14.3. The molecule has 0 aliphatic rings. The fraction of sp³-hybridized carbons (Fsp3) is 0. The summed E-state index contributed by atoms with van der Waals surface area (Å²) >= 11 is -2.94. The summed E-state index contributed by atoms with van der Waals surface area (Å²) in [5.74, 6) is 0. The van der Waals surface area contributed by atoms with Crippen molar-refractivity contribution in [3.63, 3.8) is 0 Å². The molecule has 9 nitrogen and oxygen atoms in total. The Hall–Kier alpha value is -3.26. The molecular weight excluding hydrogens is 563 g/mol. The van der Waals surface area contributed by atoms with Crippen molar-refractivity contribution in [2.24, 2.45) is 0 Å². The van der Waals surface area contributed by atoms with Crippen LogP contribution < -0.4 is 9.81 Å². The molecule has 0 atom stereocenters. The van der Waals surface area contributed by atoms with Gasteiger partial charge in [0.2, 0.25) is 0 Å². The van der Waals surface area contributed by atoms with E-state index in [-0.39, 0.29) is 17.1 Å². The Bertz CT molecular complexity index is 900. The fourth-order valence-electron chi connectivity index (χ4n) is 2.62. The Morgan fingerprint density at radius 3 is 0.857 bits per heavy atom. The van der Waals surface area contributed by atoms with Gasteiger partial charge >= 0.3 is 167 Å². The molecule has 0 spiro atoms. The first-order chi connectivity index (χ1) is 13.4. The van der Waals surface area contributed by atoms with Gasteiger partial charge in [-0.3, -0.25) is 0 Å². The van der Waals surface area contributed by atoms with Crippen LogP contribution >= 0.6 is 0 Å². The van der Waals surface area contributed by atoms with E-state index < -0.39 is 36.5 Å². The molecule has 0 radical (unpaired) electrons. The van der Waals surface area contributed by atoms with Crippen molar-refractivity contribution < 1.29 is 14.8 Å². The third-order valence-corrected chi connectivity index (χ3v) is 13.5. The number of rotatable bonds is 6. The summed E-state index contributed by atoms with van der Waals surface area (Å²) in [7, 11) is 0. The molecule has 3 aromatic rings. The SMILES string of the molecule is O=[N+]([O-])c1cc[c]([Bi+2]([c]2ccc([N+](=O)[O-])cc2)[c]2ccc([N+](=O)[O-])cc2)cc1. The molecule has 0 aliphatic heterocycles. The normalized spacial score (nSPS) is 10.3. The van der Waals surface area contributed by atoms with E-state index in [0.29, 0.717) is 0 Å². The fourth-order valence-corrected chi connectivity index (χ4v) is 11.3. The Labute approximate surface area is 166 Å². The Morgan fingerprint density at radius 2 is 0.679 bits per heavy atom. The van der Waals surface area contributed by atoms with Crippen LogP contribution in [0.3, 0.4) is 0 Å². The maximum absolute atomic E-state index is 10.9. The zero-order valence-corrected chi connectivity index (χ0v) is 17.6. The molecule has 3 aromatic carbocycles. The molecular formula is C18H12BiN3O6+2. The summed E-state index contributed by atoms with van der Waals surface area (Å²) in [6, 6.07) is 18.7. The van der Waals surface area contributed by atoms with E-state index in [1.54, 1.807) is 36.4 Å². The molecule has 0 bridgehead atoms. The average Bonchev–Trinajstić information content (AvgIpc) is 2.69. The van der Waals surface area contributed by atoms with Gasteiger partial charge in [0.05, 0.1) is 0 Å². The molecule has 0 N–H and O–H groups in total. The Balaban J connectivity index is 2.08. The van der Waals surface area contributed by atoms with Crippen molar-refractivity contribution in [1.29, 1.82) is 0 Å². The quantitative estimate of drug-likeness (QED) is 0.251. The van der Waals surface area contributed by atoms with Gasteiger partial charge < -0.3 is 0 Å². The van der Waals surface area contributed by atoms with Gasteiger partial charge in [-0.05, 0) is 0 Å². The van der Waals surface area contributed by atoms with Crippen LogP contribution in [0, 0.1) is 30.3 Å². The summed E-state index contributed by atoms with van der Waals surface area (Å²) < 4.78 is 2.76. The van der Waals surface area contributed by atoms with E-state index in [0.717, 1.165) is 9.81 Å². The number of nitro benzene ring substituents is 3. The van der Waals surface area contributed by atoms with E-state index in [1.165, 1.54) is 36.4 Å². The standard InChI is InChI=1S/3C6H4NO2.Bi/c3*8-7(9)6-4-2-1-3-5-6;/h3*2-5H;/q;;;+2. The third kappa shape index (κ3) is 4.18. The van der Waals surface area contributed by atoms with E-state index in [1.807, 2.05) is 0 Å². The van der Waals surface area contributed by atoms with Crippen LogP contribution in [-0.2, 0) is 0 Å². The van der Waals surface area contributed by atoms with E-state index in [4.69, 9.17) is 0 Å². The van der Waals surface area contributed by atoms with Crippen LogP contribution in [0.2, 0.25) is 0 Å². The molecule has 0 amide bonds. The number of benzene rings is 3. The van der Waals surface area contributed by atoms with Gasteiger partial charge in [-0.1, -0.05) is 0 Å². The van der Waals surface area contributed by atoms with Crippen molar-refractivity contribution in [2.75, 3.05) is 0 Å². The number of non-ortho nitro benzene ring substituents is 3. The van der Waals surface area contributed by atoms with Crippen LogP contribution in [0.5, 0.6) is 0 Å². The van der Waals surface area contributed by atoms with Crippen molar-refractivity contribution >= 4 is 48.6 Å². The number of hydrogen-bond donors (Lipinski definition) is 0. The first-order valence-electron chi connectivity index (χ1n) is 7.90. The minimum absolute atomic E-state index is 0.0277. The molecule has 0 aliphatic carbocycles. The third-order valence-electron chi connectivity index (χ3n) is 3.96. The van der Waals surface area contributed by atoms with E-state index in [9.17, 15) is 30.3 Å². The Kier molecular flexibility index (Phi) is 5.70. The molecule has 0 aromatic heterocycles. The second-order valence-electron chi connectivity index (χ2n) is 5.66. The first-order valence-corrected chi connectivity index (χ1v) is 13.1. The molecule has 3 rings (SSSR count). The summed E-state index contributed by atoms with van der Waals surface area (Å²) in [5.41, 5.74) is -0.0831. The van der Waals surface area contributed by atoms with Crippen molar-refractivity contribution in [2.45, 2.75) is 0 Å². The first kappa shape index (κ1) is 19.5. The topological polar surface area (TPSA) is 129 Å². The summed E-state index contributed by atoms with van der Waals surface area (Å²) in [6.45, 7) is 0. The zero-order chi connectivity index (χ0) is 20.3. The predicted molar refractivity (Wildman–Crippen MR) is 104 cm³/mol. The van der Waals surface area contributed by atoms with Crippen molar-refractivity contribution in [1.82, 2.24) is 0 Å². The summed E-state index contributed by atoms with van der Waals surface area (Å²) in [6.07, 6.45) is 0. The monoisotopic (exact) mass is 575 g/mol. The van der Waals surface area contributed by atoms with E-state index >= 15 is 0 Å². The number of nitrogens with zero attached hydrogens (tertiary/aromatic N) is 3. The number of nitro groups is 3. The van der Waals surface area contributed by atoms with Gasteiger partial charge in [0.15, 0.2) is 0 Å². The van der Waals surface area contributed by atoms with Gasteiger partial charge in [0, 0.05) is 0 Å². The van der Waals surface area contributed by atoms with Crippen LogP contribution in [-0.4, -0.2) is 36.5 Å². The molecule has 28 heavy (non-hydrogen) atoms. The van der Waals surface area contributed by atoms with Gasteiger partial charge in [-0.15, -0.1) is 0 Å². The minimum atomic E-state index is -2.94. The molecule has 0 heterocycles. The predicted octanol–water partition coefficient (Wildman–Crippen LogP) is 1.93. The van der Waals surface area contributed by atoms with Gasteiger partial charge in [0.1, 0.15) is 0 Å². The maximum atomic E-state index is 10.9. The average molecular weight is 575 g/mol. The van der Waals surface area contributed by atoms with Crippen LogP contribution in [0.4, 0.5) is 17.1 Å². The van der Waals surface area contributed by atoms with Crippen LogP contribution in [0.25, 0.3) is 0 Å². The summed E-state index contributed by atoms with van der Waals surface area (Å²) in [5, 5.41) is 32.8. The van der Waals surface area contributed by atoms with Crippen molar-refractivity contribution in [3.8, 4) is 0 Å².